The minimum atomic E-state index is -5.61. The molecule has 4 nitrogen and oxygen atoms in total. The Balaban J connectivity index is -0.0000000267. The largest absolute Gasteiger partial charge is 2.00 e. The summed E-state index contributed by atoms with van der Waals surface area (Å²) in [6.07, 6.45) is 0. The van der Waals surface area contributed by atoms with Gasteiger partial charge in [0.2, 0.25) is 0 Å². The molecule has 0 saturated carbocycles. The summed E-state index contributed by atoms with van der Waals surface area (Å²) in [7, 11) is -5.61. The van der Waals surface area contributed by atoms with E-state index in [1.807, 2.05) is 0 Å². The van der Waals surface area contributed by atoms with Crippen molar-refractivity contribution in [1.29, 1.82) is 0 Å². The quantitative estimate of drug-likeness (QED) is 0.391. The third-order valence-corrected chi connectivity index (χ3v) is 0. The van der Waals surface area contributed by atoms with Gasteiger partial charge in [0, 0.05) is 17.1 Å². The average Bonchev–Trinajstić information content (AvgIpc) is 0.722. The fourth-order valence-corrected chi connectivity index (χ4v) is 0. The van der Waals surface area contributed by atoms with E-state index in [-0.39, 0.29) is 92.5 Å². The van der Waals surface area contributed by atoms with Crippen LogP contribution in [0.25, 0.3) is 0 Å². The van der Waals surface area contributed by atoms with Gasteiger partial charge < -0.3 is 28.2 Å². The summed E-state index contributed by atoms with van der Waals surface area (Å²) >= 11 is 0. The van der Waals surface area contributed by atoms with Gasteiger partial charge in [0.1, 0.15) is 0 Å². The molecule has 0 bridgehead atoms. The van der Waals surface area contributed by atoms with Gasteiger partial charge in [0.25, 0.3) is 0 Å². The maximum Gasteiger partial charge on any atom is 2.00 e. The molecule has 0 heterocycles. The standard InChI is InChI=1S/2Ca.Cu.O4Si/c;;;1-5(2,3)4/q2*+2;;-4. The van der Waals surface area contributed by atoms with Crippen LogP contribution in [0, 0.1) is 0 Å². The van der Waals surface area contributed by atoms with Crippen molar-refractivity contribution >= 4 is 84.5 Å². The molecular weight excluding hydrogens is 236 g/mol. The van der Waals surface area contributed by atoms with E-state index in [0.717, 1.165) is 0 Å². The van der Waals surface area contributed by atoms with Crippen LogP contribution < -0.4 is 19.2 Å². The molecule has 0 aliphatic heterocycles. The van der Waals surface area contributed by atoms with Crippen LogP contribution in [0.5, 0.6) is 0 Å². The van der Waals surface area contributed by atoms with Gasteiger partial charge >= 0.3 is 75.5 Å². The number of hydrogen-bond donors (Lipinski definition) is 0. The number of rotatable bonds is 0. The van der Waals surface area contributed by atoms with Gasteiger partial charge in [-0.2, -0.15) is 0 Å². The summed E-state index contributed by atoms with van der Waals surface area (Å²) < 4.78 is 0. The third kappa shape index (κ3) is 62.2. The molecule has 0 N–H and O–H groups in total. The zero-order valence-electron chi connectivity index (χ0n) is 3.85. The van der Waals surface area contributed by atoms with Gasteiger partial charge in [-0.1, -0.05) is 0 Å². The molecule has 1 radical (unpaired) electrons. The predicted molar refractivity (Wildman–Crippen MR) is 17.3 cm³/mol. The second-order valence-corrected chi connectivity index (χ2v) is 1.50. The normalized spacial score (nSPS) is 7.50. The molecule has 0 atom stereocenters. The van der Waals surface area contributed by atoms with Crippen molar-refractivity contribution in [2.45, 2.75) is 0 Å². The Morgan fingerprint density at radius 3 is 0.750 bits per heavy atom. The topological polar surface area (TPSA) is 92.2 Å². The van der Waals surface area contributed by atoms with Crippen LogP contribution in [0.4, 0.5) is 0 Å². The van der Waals surface area contributed by atoms with Crippen LogP contribution in [0.1, 0.15) is 0 Å². The van der Waals surface area contributed by atoms with Crippen LogP contribution >= 0.6 is 0 Å². The van der Waals surface area contributed by atoms with E-state index in [2.05, 4.69) is 0 Å². The van der Waals surface area contributed by atoms with Crippen molar-refractivity contribution in [3.8, 4) is 0 Å². The first-order valence-corrected chi connectivity index (χ1v) is 2.45. The Hall–Kier alpha value is 3.10. The fraction of sp³-hybridized carbons (Fsp3) is 0. The summed E-state index contributed by atoms with van der Waals surface area (Å²) in [4.78, 5) is 34.3. The first-order valence-electron chi connectivity index (χ1n) is 0.816. The van der Waals surface area contributed by atoms with E-state index in [0.29, 0.717) is 0 Å². The van der Waals surface area contributed by atoms with E-state index in [9.17, 15) is 0 Å². The Labute approximate surface area is 118 Å². The molecule has 8 heavy (non-hydrogen) atoms. The van der Waals surface area contributed by atoms with Gasteiger partial charge in [-0.25, -0.2) is 0 Å². The molecule has 0 saturated heterocycles. The molecule has 0 unspecified atom stereocenters. The van der Waals surface area contributed by atoms with Gasteiger partial charge in [-0.3, -0.25) is 0 Å². The second kappa shape index (κ2) is 10.1. The van der Waals surface area contributed by atoms with E-state index >= 15 is 0 Å². The molecule has 0 spiro atoms. The predicted octanol–water partition coefficient (Wildman–Crippen LogP) is -5.90. The summed E-state index contributed by atoms with van der Waals surface area (Å²) in [6, 6.07) is 0. The van der Waals surface area contributed by atoms with Gasteiger partial charge in [0.15, 0.2) is 0 Å². The van der Waals surface area contributed by atoms with Crippen LogP contribution in [0.3, 0.4) is 0 Å². The maximum atomic E-state index is 8.58. The SMILES string of the molecule is [Ca+2].[Ca+2].[Cu].[O-][Si]([O-])([O-])[O-]. The fourth-order valence-electron chi connectivity index (χ4n) is 0. The van der Waals surface area contributed by atoms with Crippen molar-refractivity contribution in [3.63, 3.8) is 0 Å². The Morgan fingerprint density at radius 2 is 0.750 bits per heavy atom. The van der Waals surface area contributed by atoms with Crippen molar-refractivity contribution in [3.05, 3.63) is 0 Å². The molecule has 0 aliphatic rings. The molecule has 0 aromatic rings. The van der Waals surface area contributed by atoms with E-state index in [4.69, 9.17) is 19.2 Å². The van der Waals surface area contributed by atoms with Crippen LogP contribution in [-0.2, 0) is 17.1 Å². The van der Waals surface area contributed by atoms with Crippen molar-refractivity contribution in [2.24, 2.45) is 0 Å². The summed E-state index contributed by atoms with van der Waals surface area (Å²) in [6.45, 7) is 0. The van der Waals surface area contributed by atoms with Gasteiger partial charge in [-0.05, 0) is 0 Å². The Morgan fingerprint density at radius 1 is 0.750 bits per heavy atom. The molecule has 0 aromatic heterocycles. The van der Waals surface area contributed by atoms with Crippen molar-refractivity contribution in [1.82, 2.24) is 0 Å². The summed E-state index contributed by atoms with van der Waals surface area (Å²) in [5.41, 5.74) is 0. The Bertz CT molecular complexity index is 29.5. The van der Waals surface area contributed by atoms with E-state index in [1.54, 1.807) is 0 Å². The van der Waals surface area contributed by atoms with Gasteiger partial charge in [-0.15, -0.1) is 0 Å². The second-order valence-electron chi connectivity index (χ2n) is 0.500. The molecule has 0 aliphatic carbocycles. The minimum absolute atomic E-state index is 0. The molecule has 0 aromatic carbocycles. The molecular formula is Ca2CuO4Si. The summed E-state index contributed by atoms with van der Waals surface area (Å²) in [5, 5.41) is 0. The molecule has 0 fully saturated rings. The average molecular weight is 236 g/mol. The maximum absolute atomic E-state index is 8.58. The molecule has 8 heteroatoms. The van der Waals surface area contributed by atoms with E-state index < -0.39 is 9.05 Å². The zero-order chi connectivity index (χ0) is 4.50. The zero-order valence-corrected chi connectivity index (χ0v) is 10.2. The van der Waals surface area contributed by atoms with Crippen LogP contribution in [0.2, 0.25) is 0 Å². The monoisotopic (exact) mass is 235 g/mol. The van der Waals surface area contributed by atoms with Crippen LogP contribution in [0.15, 0.2) is 0 Å². The minimum Gasteiger partial charge on any atom is -0.894 e. The molecule has 0 rings (SSSR count). The van der Waals surface area contributed by atoms with Crippen molar-refractivity contribution in [2.75, 3.05) is 0 Å². The third-order valence-electron chi connectivity index (χ3n) is 0. The van der Waals surface area contributed by atoms with Gasteiger partial charge in [0.05, 0.1) is 0 Å². The first kappa shape index (κ1) is 22.5. The summed E-state index contributed by atoms with van der Waals surface area (Å²) in [5.74, 6) is 0. The molecule has 43 valence electrons. The Kier molecular flexibility index (Phi) is 28.3. The van der Waals surface area contributed by atoms with E-state index in [1.165, 1.54) is 0 Å². The smallest absolute Gasteiger partial charge is 0.894 e. The molecule has 0 amide bonds. The van der Waals surface area contributed by atoms with Crippen molar-refractivity contribution < 1.29 is 36.3 Å². The van der Waals surface area contributed by atoms with Crippen LogP contribution in [-0.4, -0.2) is 84.5 Å². The first-order chi connectivity index (χ1) is 2.00. The number of hydrogen-bond acceptors (Lipinski definition) is 4.